The molecule has 1 rings (SSSR count). The van der Waals surface area contributed by atoms with E-state index >= 15 is 0 Å². The van der Waals surface area contributed by atoms with Gasteiger partial charge in [0.05, 0.1) is 0 Å². The van der Waals surface area contributed by atoms with Gasteiger partial charge in [0.1, 0.15) is 11.4 Å². The third-order valence-electron chi connectivity index (χ3n) is 2.09. The first kappa shape index (κ1) is 15.0. The molecule has 0 saturated heterocycles. The van der Waals surface area contributed by atoms with Crippen molar-refractivity contribution in [3.05, 3.63) is 30.0 Å². The van der Waals surface area contributed by atoms with Crippen molar-refractivity contribution in [2.75, 3.05) is 12.3 Å². The predicted molar refractivity (Wildman–Crippen MR) is 76.5 cm³/mol. The number of aromatic nitrogens is 1. The van der Waals surface area contributed by atoms with Gasteiger partial charge in [-0.15, -0.1) is 0 Å². The Morgan fingerprint density at radius 3 is 2.89 bits per heavy atom. The van der Waals surface area contributed by atoms with Crippen LogP contribution in [0.4, 0.5) is 10.6 Å². The predicted octanol–water partition coefficient (Wildman–Crippen LogP) is 2.59. The van der Waals surface area contributed by atoms with Crippen LogP contribution in [0.25, 0.3) is 6.08 Å². The SMILES string of the molecule is CC(C)(C)OC(=O)NCCC=Cc1ccnc(N)c1. The molecule has 0 aliphatic heterocycles. The van der Waals surface area contributed by atoms with E-state index in [1.165, 1.54) is 0 Å². The van der Waals surface area contributed by atoms with Crippen LogP contribution in [0.2, 0.25) is 0 Å². The van der Waals surface area contributed by atoms with Gasteiger partial charge >= 0.3 is 6.09 Å². The molecule has 19 heavy (non-hydrogen) atoms. The first-order valence-electron chi connectivity index (χ1n) is 6.22. The molecular formula is C14H21N3O2. The number of anilines is 1. The average molecular weight is 263 g/mol. The minimum absolute atomic E-state index is 0.394. The highest BCUT2D eigenvalue weighted by Gasteiger charge is 2.14. The van der Waals surface area contributed by atoms with E-state index in [1.807, 2.05) is 39.0 Å². The zero-order valence-electron chi connectivity index (χ0n) is 11.6. The molecule has 0 aromatic carbocycles. The van der Waals surface area contributed by atoms with Crippen LogP contribution in [0.3, 0.4) is 0 Å². The first-order valence-corrected chi connectivity index (χ1v) is 6.22. The van der Waals surface area contributed by atoms with E-state index in [4.69, 9.17) is 10.5 Å². The van der Waals surface area contributed by atoms with Crippen LogP contribution in [0, 0.1) is 0 Å². The lowest BCUT2D eigenvalue weighted by atomic mass is 10.2. The van der Waals surface area contributed by atoms with Crippen LogP contribution < -0.4 is 11.1 Å². The van der Waals surface area contributed by atoms with Gasteiger partial charge in [0.2, 0.25) is 0 Å². The van der Waals surface area contributed by atoms with Gasteiger partial charge in [-0.2, -0.15) is 0 Å². The lowest BCUT2D eigenvalue weighted by Gasteiger charge is -2.19. The third kappa shape index (κ3) is 7.08. The molecule has 0 fully saturated rings. The maximum Gasteiger partial charge on any atom is 0.407 e. The highest BCUT2D eigenvalue weighted by Crippen LogP contribution is 2.07. The monoisotopic (exact) mass is 263 g/mol. The molecule has 0 bridgehead atoms. The summed E-state index contributed by atoms with van der Waals surface area (Å²) in [4.78, 5) is 15.3. The van der Waals surface area contributed by atoms with E-state index in [0.717, 1.165) is 12.0 Å². The van der Waals surface area contributed by atoms with Gasteiger partial charge in [-0.1, -0.05) is 12.2 Å². The Labute approximate surface area is 113 Å². The zero-order valence-corrected chi connectivity index (χ0v) is 11.6. The lowest BCUT2D eigenvalue weighted by molar-refractivity contribution is 0.0529. The number of hydrogen-bond donors (Lipinski definition) is 2. The maximum atomic E-state index is 11.4. The molecule has 0 radical (unpaired) electrons. The number of carbonyl (C=O) groups excluding carboxylic acids is 1. The highest BCUT2D eigenvalue weighted by molar-refractivity contribution is 5.67. The van der Waals surface area contributed by atoms with Crippen molar-refractivity contribution >= 4 is 18.0 Å². The number of nitrogen functional groups attached to an aromatic ring is 1. The quantitative estimate of drug-likeness (QED) is 0.818. The molecule has 0 spiro atoms. The molecule has 0 aliphatic rings. The fraction of sp³-hybridized carbons (Fsp3) is 0.429. The molecule has 5 nitrogen and oxygen atoms in total. The number of carbonyl (C=O) groups is 1. The number of ether oxygens (including phenoxy) is 1. The summed E-state index contributed by atoms with van der Waals surface area (Å²) in [7, 11) is 0. The van der Waals surface area contributed by atoms with Crippen molar-refractivity contribution < 1.29 is 9.53 Å². The summed E-state index contributed by atoms with van der Waals surface area (Å²) in [5, 5.41) is 2.69. The fourth-order valence-corrected chi connectivity index (χ4v) is 1.36. The number of nitrogens with zero attached hydrogens (tertiary/aromatic N) is 1. The number of nitrogens with two attached hydrogens (primary N) is 1. The molecule has 0 unspecified atom stereocenters. The molecule has 0 aliphatic carbocycles. The van der Waals surface area contributed by atoms with Gasteiger partial charge in [0.25, 0.3) is 0 Å². The van der Waals surface area contributed by atoms with Crippen LogP contribution >= 0.6 is 0 Å². The Hall–Kier alpha value is -2.04. The number of nitrogens with one attached hydrogen (secondary N) is 1. The van der Waals surface area contributed by atoms with E-state index in [9.17, 15) is 4.79 Å². The molecule has 1 heterocycles. The van der Waals surface area contributed by atoms with E-state index in [-0.39, 0.29) is 0 Å². The van der Waals surface area contributed by atoms with Gasteiger partial charge in [0.15, 0.2) is 0 Å². The van der Waals surface area contributed by atoms with Crippen LogP contribution in [-0.4, -0.2) is 23.2 Å². The van der Waals surface area contributed by atoms with Crippen molar-refractivity contribution in [2.24, 2.45) is 0 Å². The van der Waals surface area contributed by atoms with Crippen LogP contribution in [0.15, 0.2) is 24.4 Å². The molecule has 3 N–H and O–H groups in total. The second kappa shape index (κ2) is 6.78. The topological polar surface area (TPSA) is 77.2 Å². The molecule has 0 saturated carbocycles. The van der Waals surface area contributed by atoms with Crippen LogP contribution in [0.1, 0.15) is 32.8 Å². The Morgan fingerprint density at radius 1 is 1.53 bits per heavy atom. The zero-order chi connectivity index (χ0) is 14.3. The van der Waals surface area contributed by atoms with Gasteiger partial charge in [-0.25, -0.2) is 9.78 Å². The van der Waals surface area contributed by atoms with Crippen molar-refractivity contribution in [3.8, 4) is 0 Å². The molecule has 1 aromatic rings. The summed E-state index contributed by atoms with van der Waals surface area (Å²) >= 11 is 0. The second-order valence-corrected chi connectivity index (χ2v) is 5.13. The van der Waals surface area contributed by atoms with E-state index in [1.54, 1.807) is 12.3 Å². The molecule has 5 heteroatoms. The fourth-order valence-electron chi connectivity index (χ4n) is 1.36. The average Bonchev–Trinajstić information content (AvgIpc) is 2.26. The third-order valence-corrected chi connectivity index (χ3v) is 2.09. The minimum Gasteiger partial charge on any atom is -0.444 e. The summed E-state index contributed by atoms with van der Waals surface area (Å²) in [6, 6.07) is 3.66. The minimum atomic E-state index is -0.464. The van der Waals surface area contributed by atoms with Crippen molar-refractivity contribution in [1.29, 1.82) is 0 Å². The summed E-state index contributed by atoms with van der Waals surface area (Å²) < 4.78 is 5.12. The summed E-state index contributed by atoms with van der Waals surface area (Å²) in [6.45, 7) is 6.03. The van der Waals surface area contributed by atoms with Crippen LogP contribution in [0.5, 0.6) is 0 Å². The molecule has 1 amide bonds. The lowest BCUT2D eigenvalue weighted by Crippen LogP contribution is -2.32. The van der Waals surface area contributed by atoms with E-state index in [0.29, 0.717) is 12.4 Å². The Balaban J connectivity index is 2.26. The van der Waals surface area contributed by atoms with Crippen molar-refractivity contribution in [3.63, 3.8) is 0 Å². The standard InChI is InChI=1S/C14H21N3O2/c1-14(2,3)19-13(18)17-8-5-4-6-11-7-9-16-12(15)10-11/h4,6-7,9-10H,5,8H2,1-3H3,(H2,15,16)(H,17,18). The Kier molecular flexibility index (Phi) is 5.36. The second-order valence-electron chi connectivity index (χ2n) is 5.13. The summed E-state index contributed by atoms with van der Waals surface area (Å²) in [6.07, 6.45) is 5.89. The smallest absolute Gasteiger partial charge is 0.407 e. The van der Waals surface area contributed by atoms with E-state index < -0.39 is 11.7 Å². The van der Waals surface area contributed by atoms with Gasteiger partial charge in [-0.3, -0.25) is 0 Å². The van der Waals surface area contributed by atoms with Crippen molar-refractivity contribution in [1.82, 2.24) is 10.3 Å². The largest absolute Gasteiger partial charge is 0.444 e. The number of amides is 1. The first-order chi connectivity index (χ1) is 8.87. The van der Waals surface area contributed by atoms with E-state index in [2.05, 4.69) is 10.3 Å². The van der Waals surface area contributed by atoms with Gasteiger partial charge in [-0.05, 0) is 44.9 Å². The van der Waals surface area contributed by atoms with Crippen molar-refractivity contribution in [2.45, 2.75) is 32.8 Å². The highest BCUT2D eigenvalue weighted by atomic mass is 16.6. The number of pyridine rings is 1. The normalized spacial score (nSPS) is 11.5. The Morgan fingerprint density at radius 2 is 2.26 bits per heavy atom. The number of alkyl carbamates (subject to hydrolysis) is 1. The Bertz CT molecular complexity index is 450. The van der Waals surface area contributed by atoms with Gasteiger partial charge in [0, 0.05) is 12.7 Å². The molecule has 1 aromatic heterocycles. The number of hydrogen-bond acceptors (Lipinski definition) is 4. The molecule has 0 atom stereocenters. The summed E-state index contributed by atoms with van der Waals surface area (Å²) in [5.41, 5.74) is 6.10. The van der Waals surface area contributed by atoms with Gasteiger partial charge < -0.3 is 15.8 Å². The number of rotatable bonds is 4. The molecule has 104 valence electrons. The van der Waals surface area contributed by atoms with Crippen LogP contribution in [-0.2, 0) is 4.74 Å². The maximum absolute atomic E-state index is 11.4. The summed E-state index contributed by atoms with van der Waals surface area (Å²) in [5.74, 6) is 0.494. The molecular weight excluding hydrogens is 242 g/mol.